The number of ether oxygens (including phenoxy) is 1. The van der Waals surface area contributed by atoms with Crippen LogP contribution in [0, 0.1) is 5.82 Å². The number of aliphatic carboxylic acids is 1. The van der Waals surface area contributed by atoms with E-state index >= 15 is 0 Å². The molecule has 1 saturated heterocycles. The predicted molar refractivity (Wildman–Crippen MR) is 67.9 cm³/mol. The Bertz CT molecular complexity index is 522. The molecule has 102 valence electrons. The van der Waals surface area contributed by atoms with E-state index in [2.05, 4.69) is 0 Å². The first-order valence-corrected chi connectivity index (χ1v) is 6.65. The summed E-state index contributed by atoms with van der Waals surface area (Å²) in [7, 11) is 1.40. The highest BCUT2D eigenvalue weighted by molar-refractivity contribution is 7.99. The molecule has 1 aromatic rings. The van der Waals surface area contributed by atoms with Crippen molar-refractivity contribution < 1.29 is 23.8 Å². The van der Waals surface area contributed by atoms with Gasteiger partial charge in [-0.3, -0.25) is 4.79 Å². The van der Waals surface area contributed by atoms with Gasteiger partial charge >= 0.3 is 5.97 Å². The molecule has 1 aliphatic rings. The van der Waals surface area contributed by atoms with Crippen molar-refractivity contribution >= 4 is 23.6 Å². The van der Waals surface area contributed by atoms with E-state index in [0.717, 1.165) is 11.0 Å². The lowest BCUT2D eigenvalue weighted by atomic mass is 10.1. The van der Waals surface area contributed by atoms with Gasteiger partial charge in [0.1, 0.15) is 17.6 Å². The minimum Gasteiger partial charge on any atom is -0.497 e. The van der Waals surface area contributed by atoms with E-state index in [0.29, 0.717) is 11.5 Å². The van der Waals surface area contributed by atoms with Gasteiger partial charge in [-0.1, -0.05) is 0 Å². The van der Waals surface area contributed by atoms with Gasteiger partial charge in [0, 0.05) is 11.8 Å². The molecule has 1 aromatic carbocycles. The summed E-state index contributed by atoms with van der Waals surface area (Å²) in [5.41, 5.74) is -0.144. The Kier molecular flexibility index (Phi) is 3.94. The number of benzene rings is 1. The van der Waals surface area contributed by atoms with Crippen molar-refractivity contribution in [1.82, 2.24) is 4.90 Å². The number of carboxylic acid groups (broad SMARTS) is 1. The van der Waals surface area contributed by atoms with Crippen molar-refractivity contribution in [1.29, 1.82) is 0 Å². The topological polar surface area (TPSA) is 66.8 Å². The number of rotatable bonds is 3. The number of carbonyl (C=O) groups excluding carboxylic acids is 1. The highest BCUT2D eigenvalue weighted by Crippen LogP contribution is 2.25. The second-order valence-corrected chi connectivity index (χ2v) is 4.97. The smallest absolute Gasteiger partial charge is 0.327 e. The summed E-state index contributed by atoms with van der Waals surface area (Å²) in [5.74, 6) is -1.53. The molecule has 1 atom stereocenters. The summed E-state index contributed by atoms with van der Waals surface area (Å²) in [6.45, 7) is 0. The van der Waals surface area contributed by atoms with E-state index < -0.39 is 23.7 Å². The van der Waals surface area contributed by atoms with E-state index in [1.807, 2.05) is 0 Å². The molecule has 1 unspecified atom stereocenters. The second kappa shape index (κ2) is 5.48. The fourth-order valence-corrected chi connectivity index (χ4v) is 2.94. The Labute approximate surface area is 113 Å². The van der Waals surface area contributed by atoms with Crippen molar-refractivity contribution in [2.24, 2.45) is 0 Å². The Balaban J connectivity index is 2.26. The van der Waals surface area contributed by atoms with Gasteiger partial charge in [0.15, 0.2) is 0 Å². The van der Waals surface area contributed by atoms with Crippen molar-refractivity contribution in [3.8, 4) is 5.75 Å². The largest absolute Gasteiger partial charge is 0.497 e. The molecular formula is C12H12FNO4S. The van der Waals surface area contributed by atoms with Crippen LogP contribution >= 0.6 is 11.8 Å². The highest BCUT2D eigenvalue weighted by Gasteiger charge is 2.35. The van der Waals surface area contributed by atoms with Gasteiger partial charge in [-0.05, 0) is 12.1 Å². The average Bonchev–Trinajstić information content (AvgIpc) is 2.87. The van der Waals surface area contributed by atoms with Crippen LogP contribution in [0.2, 0.25) is 0 Å². The molecule has 0 aliphatic carbocycles. The van der Waals surface area contributed by atoms with E-state index in [4.69, 9.17) is 9.84 Å². The number of carboxylic acids is 1. The minimum atomic E-state index is -1.08. The molecule has 1 fully saturated rings. The summed E-state index contributed by atoms with van der Waals surface area (Å²) in [5, 5.41) is 9.01. The first-order valence-electron chi connectivity index (χ1n) is 5.49. The second-order valence-electron chi connectivity index (χ2n) is 3.97. The Morgan fingerprint density at radius 2 is 2.26 bits per heavy atom. The average molecular weight is 285 g/mol. The standard InChI is InChI=1S/C12H12FNO4S/c1-18-7-2-3-8(9(13)4-7)11(15)14-6-19-5-10(14)12(16)17/h2-4,10H,5-6H2,1H3,(H,16,17). The quantitative estimate of drug-likeness (QED) is 0.910. The number of amides is 1. The third-order valence-electron chi connectivity index (χ3n) is 2.83. The SMILES string of the molecule is COc1ccc(C(=O)N2CSCC2C(=O)O)c(F)c1. The summed E-state index contributed by atoms with van der Waals surface area (Å²) in [4.78, 5) is 24.3. The zero-order valence-electron chi connectivity index (χ0n) is 10.1. The van der Waals surface area contributed by atoms with Gasteiger partial charge in [0.05, 0.1) is 18.6 Å². The number of hydrogen-bond acceptors (Lipinski definition) is 4. The first-order chi connectivity index (χ1) is 9.04. The summed E-state index contributed by atoms with van der Waals surface area (Å²) in [6.07, 6.45) is 0. The lowest BCUT2D eigenvalue weighted by Crippen LogP contribution is -2.42. The van der Waals surface area contributed by atoms with Crippen LogP contribution in [-0.4, -0.2) is 46.7 Å². The fraction of sp³-hybridized carbons (Fsp3) is 0.333. The normalized spacial score (nSPS) is 18.4. The van der Waals surface area contributed by atoms with Crippen LogP contribution in [0.4, 0.5) is 4.39 Å². The van der Waals surface area contributed by atoms with Crippen LogP contribution in [0.15, 0.2) is 18.2 Å². The highest BCUT2D eigenvalue weighted by atomic mass is 32.2. The van der Waals surface area contributed by atoms with Gasteiger partial charge in [0.25, 0.3) is 5.91 Å². The van der Waals surface area contributed by atoms with Gasteiger partial charge in [-0.25, -0.2) is 9.18 Å². The number of hydrogen-bond donors (Lipinski definition) is 1. The maximum atomic E-state index is 13.8. The molecule has 0 radical (unpaired) electrons. The summed E-state index contributed by atoms with van der Waals surface area (Å²) < 4.78 is 18.6. The molecule has 19 heavy (non-hydrogen) atoms. The molecule has 0 spiro atoms. The first kappa shape index (κ1) is 13.7. The molecule has 0 bridgehead atoms. The van der Waals surface area contributed by atoms with Gasteiger partial charge in [-0.15, -0.1) is 11.8 Å². The van der Waals surface area contributed by atoms with Crippen LogP contribution in [0.5, 0.6) is 5.75 Å². The molecular weight excluding hydrogens is 273 g/mol. The monoisotopic (exact) mass is 285 g/mol. The van der Waals surface area contributed by atoms with E-state index in [1.54, 1.807) is 0 Å². The predicted octanol–water partition coefficient (Wildman–Crippen LogP) is 1.43. The third kappa shape index (κ3) is 2.65. The number of nitrogens with zero attached hydrogens (tertiary/aromatic N) is 1. The van der Waals surface area contributed by atoms with E-state index in [1.165, 1.54) is 31.0 Å². The van der Waals surface area contributed by atoms with Crippen LogP contribution in [-0.2, 0) is 4.79 Å². The number of methoxy groups -OCH3 is 1. The van der Waals surface area contributed by atoms with E-state index in [-0.39, 0.29) is 11.4 Å². The Hall–Kier alpha value is -1.76. The van der Waals surface area contributed by atoms with Crippen LogP contribution in [0.1, 0.15) is 10.4 Å². The zero-order chi connectivity index (χ0) is 14.0. The van der Waals surface area contributed by atoms with Crippen molar-refractivity contribution in [2.75, 3.05) is 18.7 Å². The molecule has 7 heteroatoms. The van der Waals surface area contributed by atoms with Crippen molar-refractivity contribution in [3.05, 3.63) is 29.6 Å². The van der Waals surface area contributed by atoms with Crippen LogP contribution in [0.25, 0.3) is 0 Å². The maximum absolute atomic E-state index is 13.8. The number of halogens is 1. The van der Waals surface area contributed by atoms with Gasteiger partial charge in [0.2, 0.25) is 0 Å². The van der Waals surface area contributed by atoms with E-state index in [9.17, 15) is 14.0 Å². The fourth-order valence-electron chi connectivity index (χ4n) is 1.80. The minimum absolute atomic E-state index is 0.144. The molecule has 5 nitrogen and oxygen atoms in total. The van der Waals surface area contributed by atoms with Crippen LogP contribution < -0.4 is 4.74 Å². The summed E-state index contributed by atoms with van der Waals surface area (Å²) in [6, 6.07) is 2.97. The van der Waals surface area contributed by atoms with Crippen LogP contribution in [0.3, 0.4) is 0 Å². The summed E-state index contributed by atoms with van der Waals surface area (Å²) >= 11 is 1.33. The van der Waals surface area contributed by atoms with Gasteiger partial charge < -0.3 is 14.7 Å². The van der Waals surface area contributed by atoms with Gasteiger partial charge in [-0.2, -0.15) is 0 Å². The molecule has 2 rings (SSSR count). The lowest BCUT2D eigenvalue weighted by molar-refractivity contribution is -0.140. The van der Waals surface area contributed by atoms with Crippen molar-refractivity contribution in [2.45, 2.75) is 6.04 Å². The molecule has 1 heterocycles. The molecule has 1 N–H and O–H groups in total. The number of carbonyl (C=O) groups is 2. The Morgan fingerprint density at radius 1 is 1.53 bits per heavy atom. The third-order valence-corrected chi connectivity index (χ3v) is 3.85. The van der Waals surface area contributed by atoms with Crippen molar-refractivity contribution in [3.63, 3.8) is 0 Å². The maximum Gasteiger partial charge on any atom is 0.327 e. The zero-order valence-corrected chi connectivity index (χ0v) is 10.9. The number of thioether (sulfide) groups is 1. The molecule has 0 aromatic heterocycles. The lowest BCUT2D eigenvalue weighted by Gasteiger charge is -2.20. The molecule has 1 amide bonds. The Morgan fingerprint density at radius 3 is 2.84 bits per heavy atom. The molecule has 0 saturated carbocycles. The molecule has 1 aliphatic heterocycles.